The number of ketones is 3. The van der Waals surface area contributed by atoms with Gasteiger partial charge in [0.25, 0.3) is 0 Å². The van der Waals surface area contributed by atoms with Gasteiger partial charge in [-0.2, -0.15) is 0 Å². The normalized spacial score (nSPS) is 12.1. The molecule has 0 aromatic heterocycles. The Morgan fingerprint density at radius 3 is 1.46 bits per heavy atom. The maximum atomic E-state index is 15.8. The molecule has 0 saturated carbocycles. The molecule has 0 aliphatic carbocycles. The number of hydrogen-bond donors (Lipinski definition) is 3. The minimum Gasteiger partial charge on any atom is -0.495 e. The summed E-state index contributed by atoms with van der Waals surface area (Å²) in [5, 5.41) is 8.07. The van der Waals surface area contributed by atoms with Crippen LogP contribution in [0.25, 0.3) is 22.3 Å². The lowest BCUT2D eigenvalue weighted by molar-refractivity contribution is -0.119. The quantitative estimate of drug-likeness (QED) is 0.0602. The number of amides is 3. The van der Waals surface area contributed by atoms with Gasteiger partial charge in [0.1, 0.15) is 23.1 Å². The van der Waals surface area contributed by atoms with Crippen LogP contribution in [0.2, 0.25) is 0 Å². The van der Waals surface area contributed by atoms with Crippen LogP contribution in [-0.2, 0) is 14.4 Å². The molecule has 0 spiro atoms. The van der Waals surface area contributed by atoms with Gasteiger partial charge < -0.3 is 25.4 Å². The van der Waals surface area contributed by atoms with Crippen molar-refractivity contribution in [2.75, 3.05) is 23.1 Å². The second kappa shape index (κ2) is 21.0. The van der Waals surface area contributed by atoms with E-state index in [1.165, 1.54) is 46.1 Å². The molecule has 0 saturated heterocycles. The molecule has 0 fully saturated rings. The zero-order valence-electron chi connectivity index (χ0n) is 37.0. The van der Waals surface area contributed by atoms with Gasteiger partial charge in [-0.05, 0) is 104 Å². The van der Waals surface area contributed by atoms with E-state index in [0.29, 0.717) is 50.7 Å². The van der Waals surface area contributed by atoms with Crippen LogP contribution in [-0.4, -0.2) is 42.2 Å². The van der Waals surface area contributed by atoms with E-state index >= 15 is 4.39 Å². The van der Waals surface area contributed by atoms with Crippen molar-refractivity contribution < 1.29 is 42.6 Å². The molecular weight excluding hydrogens is 850 g/mol. The van der Waals surface area contributed by atoms with Crippen LogP contribution in [0.1, 0.15) is 51.8 Å². The Morgan fingerprint density at radius 2 is 0.910 bits per heavy atom. The lowest BCUT2D eigenvalue weighted by atomic mass is 9.90. The van der Waals surface area contributed by atoms with Crippen LogP contribution in [0, 0.1) is 23.6 Å². The fourth-order valence-corrected chi connectivity index (χ4v) is 7.28. The zero-order valence-corrected chi connectivity index (χ0v) is 37.0. The minimum atomic E-state index is -1.25. The van der Waals surface area contributed by atoms with Gasteiger partial charge in [0, 0.05) is 22.4 Å². The van der Waals surface area contributed by atoms with Crippen LogP contribution < -0.4 is 25.4 Å². The summed E-state index contributed by atoms with van der Waals surface area (Å²) in [7, 11) is 1.42. The standard InChI is InChI=1S/C55H46FN3O8/c1-33(50(60)36-15-7-5-8-16-36)54(64)59-48-30-24-38(32-49(48)66-4)43-20-12-14-22-45(43)52(62)35(3)55(65)58-47-29-23-37(31-46(47)56)42-19-11-13-21-44(42)51(61)34(2)53(63)57-39-25-27-41(28-26-39)67-40-17-9-6-10-18-40/h5-35H,1-4H3,(H,57,63)(H,58,65)(H,59,64). The summed E-state index contributed by atoms with van der Waals surface area (Å²) in [4.78, 5) is 80.6. The Bertz CT molecular complexity index is 2980. The fourth-order valence-electron chi connectivity index (χ4n) is 7.28. The fraction of sp³-hybridized carbons (Fsp3) is 0.127. The van der Waals surface area contributed by atoms with Crippen molar-refractivity contribution >= 4 is 52.1 Å². The van der Waals surface area contributed by atoms with Crippen molar-refractivity contribution in [3.05, 3.63) is 192 Å². The molecule has 67 heavy (non-hydrogen) atoms. The topological polar surface area (TPSA) is 157 Å². The second-order valence-electron chi connectivity index (χ2n) is 15.7. The molecule has 7 rings (SSSR count). The molecule has 3 N–H and O–H groups in total. The number of anilines is 3. The van der Waals surface area contributed by atoms with Gasteiger partial charge in [-0.15, -0.1) is 0 Å². The number of carbonyl (C=O) groups excluding carboxylic acids is 6. The summed E-state index contributed by atoms with van der Waals surface area (Å²) in [5.41, 5.74) is 3.18. The Labute approximate surface area is 387 Å². The molecule has 3 amide bonds. The molecular formula is C55H46FN3O8. The van der Waals surface area contributed by atoms with Gasteiger partial charge in [0.15, 0.2) is 17.3 Å². The first kappa shape index (κ1) is 46.5. The average molecular weight is 896 g/mol. The number of benzene rings is 7. The number of hydrogen-bond acceptors (Lipinski definition) is 8. The Balaban J connectivity index is 1.00. The first-order valence-corrected chi connectivity index (χ1v) is 21.4. The van der Waals surface area contributed by atoms with Crippen LogP contribution >= 0.6 is 0 Å². The summed E-state index contributed by atoms with van der Waals surface area (Å²) in [6, 6.07) is 46.7. The van der Waals surface area contributed by atoms with Crippen molar-refractivity contribution in [1.82, 2.24) is 0 Å². The van der Waals surface area contributed by atoms with E-state index in [1.54, 1.807) is 121 Å². The number of carbonyl (C=O) groups is 6. The second-order valence-corrected chi connectivity index (χ2v) is 15.7. The van der Waals surface area contributed by atoms with Crippen molar-refractivity contribution in [3.8, 4) is 39.5 Å². The van der Waals surface area contributed by atoms with Crippen LogP contribution in [0.3, 0.4) is 0 Å². The number of nitrogens with one attached hydrogen (secondary N) is 3. The van der Waals surface area contributed by atoms with Crippen LogP contribution in [0.15, 0.2) is 170 Å². The molecule has 0 radical (unpaired) electrons. The summed E-state index contributed by atoms with van der Waals surface area (Å²) in [5.74, 6) is -5.80. The molecule has 11 nitrogen and oxygen atoms in total. The number of halogens is 1. The highest BCUT2D eigenvalue weighted by Crippen LogP contribution is 2.35. The van der Waals surface area contributed by atoms with Gasteiger partial charge in [-0.25, -0.2) is 4.39 Å². The third-order valence-electron chi connectivity index (χ3n) is 11.2. The Hall–Kier alpha value is -8.51. The molecule has 3 atom stereocenters. The summed E-state index contributed by atoms with van der Waals surface area (Å²) < 4.78 is 27.2. The van der Waals surface area contributed by atoms with Crippen molar-refractivity contribution in [2.45, 2.75) is 20.8 Å². The molecule has 7 aromatic carbocycles. The maximum absolute atomic E-state index is 15.8. The third-order valence-corrected chi connectivity index (χ3v) is 11.2. The number of Topliss-reactive ketones (excluding diaryl/α,β-unsaturated/α-hetero) is 3. The summed E-state index contributed by atoms with van der Waals surface area (Å²) in [6.45, 7) is 4.44. The Kier molecular flexibility index (Phi) is 14.6. The van der Waals surface area contributed by atoms with E-state index in [0.717, 1.165) is 0 Å². The highest BCUT2D eigenvalue weighted by Gasteiger charge is 2.29. The van der Waals surface area contributed by atoms with E-state index in [2.05, 4.69) is 16.0 Å². The SMILES string of the molecule is COc1cc(-c2ccccc2C(=O)C(C)C(=O)Nc2ccc(-c3ccccc3C(=O)C(C)C(=O)Nc3ccc(Oc4ccccc4)cc3)cc2F)ccc1NC(=O)C(C)C(=O)c1ccccc1. The van der Waals surface area contributed by atoms with E-state index in [4.69, 9.17) is 9.47 Å². The number of ether oxygens (including phenoxy) is 2. The van der Waals surface area contributed by atoms with Crippen LogP contribution in [0.5, 0.6) is 17.2 Å². The smallest absolute Gasteiger partial charge is 0.235 e. The monoisotopic (exact) mass is 895 g/mol. The van der Waals surface area contributed by atoms with E-state index in [-0.39, 0.29) is 28.3 Å². The maximum Gasteiger partial charge on any atom is 0.235 e. The molecule has 0 aliphatic heterocycles. The van der Waals surface area contributed by atoms with Gasteiger partial charge in [0.2, 0.25) is 17.7 Å². The molecule has 7 aromatic rings. The average Bonchev–Trinajstić information content (AvgIpc) is 3.36. The van der Waals surface area contributed by atoms with Gasteiger partial charge in [-0.1, -0.05) is 109 Å². The molecule has 0 heterocycles. The van der Waals surface area contributed by atoms with Crippen molar-refractivity contribution in [2.24, 2.45) is 17.8 Å². The molecule has 336 valence electrons. The zero-order chi connectivity index (χ0) is 47.6. The van der Waals surface area contributed by atoms with Gasteiger partial charge >= 0.3 is 0 Å². The van der Waals surface area contributed by atoms with Crippen LogP contribution in [0.4, 0.5) is 21.5 Å². The van der Waals surface area contributed by atoms with Crippen molar-refractivity contribution in [3.63, 3.8) is 0 Å². The lowest BCUT2D eigenvalue weighted by Gasteiger charge is -2.17. The molecule has 0 bridgehead atoms. The van der Waals surface area contributed by atoms with Gasteiger partial charge in [-0.3, -0.25) is 28.8 Å². The number of methoxy groups -OCH3 is 1. The lowest BCUT2D eigenvalue weighted by Crippen LogP contribution is -2.28. The minimum absolute atomic E-state index is 0.180. The number of para-hydroxylation sites is 1. The van der Waals surface area contributed by atoms with Crippen molar-refractivity contribution in [1.29, 1.82) is 0 Å². The first-order valence-electron chi connectivity index (χ1n) is 21.4. The highest BCUT2D eigenvalue weighted by molar-refractivity contribution is 6.17. The molecule has 0 aliphatic rings. The third kappa shape index (κ3) is 10.9. The summed E-state index contributed by atoms with van der Waals surface area (Å²) in [6.07, 6.45) is 0. The first-order chi connectivity index (χ1) is 32.3. The summed E-state index contributed by atoms with van der Waals surface area (Å²) >= 11 is 0. The molecule has 3 unspecified atom stereocenters. The van der Waals surface area contributed by atoms with E-state index < -0.39 is 52.9 Å². The largest absolute Gasteiger partial charge is 0.495 e. The predicted molar refractivity (Wildman–Crippen MR) is 256 cm³/mol. The number of rotatable bonds is 17. The van der Waals surface area contributed by atoms with E-state index in [1.807, 2.05) is 30.3 Å². The Morgan fingerprint density at radius 1 is 0.463 bits per heavy atom. The van der Waals surface area contributed by atoms with Gasteiger partial charge in [0.05, 0.1) is 36.2 Å². The predicted octanol–water partition coefficient (Wildman–Crippen LogP) is 11.3. The van der Waals surface area contributed by atoms with E-state index in [9.17, 15) is 28.8 Å². The molecule has 12 heteroatoms. The highest BCUT2D eigenvalue weighted by atomic mass is 19.1.